The second-order valence-corrected chi connectivity index (χ2v) is 4.73. The van der Waals surface area contributed by atoms with Gasteiger partial charge in [0.2, 0.25) is 0 Å². The Kier molecular flexibility index (Phi) is 4.03. The summed E-state index contributed by atoms with van der Waals surface area (Å²) in [7, 11) is 0. The predicted octanol–water partition coefficient (Wildman–Crippen LogP) is 3.52. The van der Waals surface area contributed by atoms with Crippen LogP contribution in [0.5, 0.6) is 0 Å². The average Bonchev–Trinajstić information content (AvgIpc) is 2.40. The van der Waals surface area contributed by atoms with Gasteiger partial charge in [-0.3, -0.25) is 0 Å². The molecule has 17 heavy (non-hydrogen) atoms. The van der Waals surface area contributed by atoms with Gasteiger partial charge in [0.15, 0.2) is 0 Å². The number of hydrogen-bond donors (Lipinski definition) is 0. The zero-order chi connectivity index (χ0) is 12.1. The zero-order valence-electron chi connectivity index (χ0n) is 10.5. The molecular weight excluding hydrogens is 208 g/mol. The lowest BCUT2D eigenvalue weighted by molar-refractivity contribution is 0.464. The van der Waals surface area contributed by atoms with Crippen LogP contribution in [0.25, 0.3) is 0 Å². The molecule has 2 rings (SSSR count). The van der Waals surface area contributed by atoms with Crippen LogP contribution in [0.3, 0.4) is 0 Å². The molecule has 0 amide bonds. The third-order valence-electron chi connectivity index (χ3n) is 3.63. The van der Waals surface area contributed by atoms with Crippen molar-refractivity contribution in [2.45, 2.75) is 45.1 Å². The predicted molar refractivity (Wildman–Crippen MR) is 71.0 cm³/mol. The molecule has 1 aliphatic rings. The van der Waals surface area contributed by atoms with Crippen molar-refractivity contribution >= 4 is 5.69 Å². The van der Waals surface area contributed by atoms with Gasteiger partial charge in [-0.2, -0.15) is 5.26 Å². The maximum absolute atomic E-state index is 8.89. The molecule has 90 valence electrons. The molecule has 0 aliphatic carbocycles. The van der Waals surface area contributed by atoms with E-state index in [1.54, 1.807) is 0 Å². The van der Waals surface area contributed by atoms with Gasteiger partial charge in [-0.25, -0.2) is 0 Å². The number of nitriles is 1. The molecule has 2 nitrogen and oxygen atoms in total. The molecule has 1 saturated heterocycles. The molecule has 0 radical (unpaired) electrons. The minimum atomic E-state index is 0.418. The maximum atomic E-state index is 8.89. The highest BCUT2D eigenvalue weighted by Crippen LogP contribution is 2.26. The van der Waals surface area contributed by atoms with E-state index in [2.05, 4.69) is 42.2 Å². The van der Waals surface area contributed by atoms with Crippen LogP contribution >= 0.6 is 0 Å². The standard InChI is InChI=1S/C15H20N2/c1-2-13-6-8-15(9-7-13)17-12-4-3-5-14(17)10-11-16/h6-9,14H,2-5,10,12H2,1H3. The first-order chi connectivity index (χ1) is 8.35. The molecule has 1 aromatic rings. The molecule has 1 heterocycles. The fourth-order valence-electron chi connectivity index (χ4n) is 2.58. The monoisotopic (exact) mass is 228 g/mol. The van der Waals surface area contributed by atoms with E-state index in [9.17, 15) is 0 Å². The van der Waals surface area contributed by atoms with Gasteiger partial charge in [0.05, 0.1) is 12.5 Å². The highest BCUT2D eigenvalue weighted by atomic mass is 15.2. The van der Waals surface area contributed by atoms with Gasteiger partial charge in [0.25, 0.3) is 0 Å². The number of rotatable bonds is 3. The van der Waals surface area contributed by atoms with Gasteiger partial charge in [-0.15, -0.1) is 0 Å². The number of aryl methyl sites for hydroxylation is 1. The lowest BCUT2D eigenvalue weighted by Crippen LogP contribution is -2.39. The normalized spacial score (nSPS) is 20.0. The first-order valence-corrected chi connectivity index (χ1v) is 6.57. The van der Waals surface area contributed by atoms with Gasteiger partial charge < -0.3 is 4.90 Å². The van der Waals surface area contributed by atoms with Gasteiger partial charge in [0, 0.05) is 18.3 Å². The topological polar surface area (TPSA) is 27.0 Å². The van der Waals surface area contributed by atoms with Crippen LogP contribution in [0.15, 0.2) is 24.3 Å². The van der Waals surface area contributed by atoms with Crippen molar-refractivity contribution in [2.24, 2.45) is 0 Å². The largest absolute Gasteiger partial charge is 0.368 e. The minimum absolute atomic E-state index is 0.418. The quantitative estimate of drug-likeness (QED) is 0.791. The van der Waals surface area contributed by atoms with Crippen molar-refractivity contribution < 1.29 is 0 Å². The van der Waals surface area contributed by atoms with E-state index in [-0.39, 0.29) is 0 Å². The SMILES string of the molecule is CCc1ccc(N2CCCCC2CC#N)cc1. The van der Waals surface area contributed by atoms with Crippen molar-refractivity contribution in [3.63, 3.8) is 0 Å². The van der Waals surface area contributed by atoms with Crippen molar-refractivity contribution in [1.29, 1.82) is 5.26 Å². The molecule has 0 bridgehead atoms. The Morgan fingerprint density at radius 2 is 2.06 bits per heavy atom. The number of nitrogens with zero attached hydrogens (tertiary/aromatic N) is 2. The van der Waals surface area contributed by atoms with Crippen LogP contribution in [-0.2, 0) is 6.42 Å². The summed E-state index contributed by atoms with van der Waals surface area (Å²) in [5.41, 5.74) is 2.66. The van der Waals surface area contributed by atoms with Crippen LogP contribution in [0.2, 0.25) is 0 Å². The summed E-state index contributed by atoms with van der Waals surface area (Å²) >= 11 is 0. The van der Waals surface area contributed by atoms with Crippen molar-refractivity contribution in [3.8, 4) is 6.07 Å². The Bertz CT molecular complexity index is 388. The van der Waals surface area contributed by atoms with Crippen molar-refractivity contribution in [3.05, 3.63) is 29.8 Å². The van der Waals surface area contributed by atoms with E-state index in [1.807, 2.05) is 0 Å². The number of anilines is 1. The fourth-order valence-corrected chi connectivity index (χ4v) is 2.58. The summed E-state index contributed by atoms with van der Waals surface area (Å²) < 4.78 is 0. The molecule has 1 atom stereocenters. The number of piperidine rings is 1. The fraction of sp³-hybridized carbons (Fsp3) is 0.533. The Morgan fingerprint density at radius 3 is 2.71 bits per heavy atom. The lowest BCUT2D eigenvalue weighted by atomic mass is 9.98. The summed E-state index contributed by atoms with van der Waals surface area (Å²) in [5, 5.41) is 8.89. The van der Waals surface area contributed by atoms with Gasteiger partial charge >= 0.3 is 0 Å². The van der Waals surface area contributed by atoms with Gasteiger partial charge in [-0.05, 0) is 43.4 Å². The minimum Gasteiger partial charge on any atom is -0.368 e. The Balaban J connectivity index is 2.14. The average molecular weight is 228 g/mol. The maximum Gasteiger partial charge on any atom is 0.0643 e. The van der Waals surface area contributed by atoms with Crippen molar-refractivity contribution in [2.75, 3.05) is 11.4 Å². The molecule has 1 unspecified atom stereocenters. The zero-order valence-corrected chi connectivity index (χ0v) is 10.5. The second kappa shape index (κ2) is 5.72. The molecular formula is C15H20N2. The third kappa shape index (κ3) is 2.79. The molecule has 0 N–H and O–H groups in total. The van der Waals surface area contributed by atoms with E-state index >= 15 is 0 Å². The molecule has 2 heteroatoms. The Labute approximate surface area is 104 Å². The van der Waals surface area contributed by atoms with E-state index < -0.39 is 0 Å². The van der Waals surface area contributed by atoms with E-state index in [0.717, 1.165) is 19.4 Å². The highest BCUT2D eigenvalue weighted by Gasteiger charge is 2.22. The summed E-state index contributed by atoms with van der Waals surface area (Å²) in [6, 6.07) is 11.5. The van der Waals surface area contributed by atoms with Gasteiger partial charge in [-0.1, -0.05) is 19.1 Å². The molecule has 0 spiro atoms. The molecule has 1 fully saturated rings. The lowest BCUT2D eigenvalue weighted by Gasteiger charge is -2.36. The van der Waals surface area contributed by atoms with Crippen molar-refractivity contribution in [1.82, 2.24) is 0 Å². The Morgan fingerprint density at radius 1 is 1.29 bits per heavy atom. The molecule has 1 aliphatic heterocycles. The van der Waals surface area contributed by atoms with Crippen LogP contribution in [0, 0.1) is 11.3 Å². The molecule has 0 saturated carbocycles. The summed E-state index contributed by atoms with van der Waals surface area (Å²) in [6.07, 6.45) is 5.40. The van der Waals surface area contributed by atoms with Gasteiger partial charge in [0.1, 0.15) is 0 Å². The number of benzene rings is 1. The van der Waals surface area contributed by atoms with Crippen LogP contribution < -0.4 is 4.90 Å². The number of hydrogen-bond acceptors (Lipinski definition) is 2. The van der Waals surface area contributed by atoms with E-state index in [4.69, 9.17) is 5.26 Å². The molecule has 1 aromatic carbocycles. The summed E-state index contributed by atoms with van der Waals surface area (Å²) in [4.78, 5) is 2.41. The first-order valence-electron chi connectivity index (χ1n) is 6.57. The highest BCUT2D eigenvalue weighted by molar-refractivity contribution is 5.49. The van der Waals surface area contributed by atoms with Crippen LogP contribution in [0.1, 0.15) is 38.2 Å². The van der Waals surface area contributed by atoms with E-state index in [1.165, 1.54) is 24.1 Å². The second-order valence-electron chi connectivity index (χ2n) is 4.73. The first kappa shape index (κ1) is 12.0. The summed E-state index contributed by atoms with van der Waals surface area (Å²) in [5.74, 6) is 0. The van der Waals surface area contributed by atoms with E-state index in [0.29, 0.717) is 12.5 Å². The van der Waals surface area contributed by atoms with Crippen LogP contribution in [0.4, 0.5) is 5.69 Å². The molecule has 0 aromatic heterocycles. The smallest absolute Gasteiger partial charge is 0.0643 e. The Hall–Kier alpha value is -1.49. The van der Waals surface area contributed by atoms with Crippen LogP contribution in [-0.4, -0.2) is 12.6 Å². The third-order valence-corrected chi connectivity index (χ3v) is 3.63. The summed E-state index contributed by atoms with van der Waals surface area (Å²) in [6.45, 7) is 3.27.